The van der Waals surface area contributed by atoms with Gasteiger partial charge in [-0.05, 0) is 43.6 Å². The van der Waals surface area contributed by atoms with Gasteiger partial charge in [0.25, 0.3) is 5.91 Å². The number of hydrogen-bond donors (Lipinski definition) is 1. The maximum atomic E-state index is 13.7. The molecule has 7 heteroatoms. The molecule has 0 spiro atoms. The first-order chi connectivity index (χ1) is 10.5. The van der Waals surface area contributed by atoms with Crippen molar-refractivity contribution < 1.29 is 23.1 Å². The van der Waals surface area contributed by atoms with Crippen LogP contribution in [0.15, 0.2) is 28.9 Å². The molecule has 1 amide bonds. The summed E-state index contributed by atoms with van der Waals surface area (Å²) in [6.45, 7) is 3.26. The fraction of sp³-hybridized carbons (Fsp3) is 0.200. The molecule has 0 aliphatic carbocycles. The molecule has 0 fully saturated rings. The predicted molar refractivity (Wildman–Crippen MR) is 78.8 cm³/mol. The van der Waals surface area contributed by atoms with Gasteiger partial charge < -0.3 is 14.5 Å². The second-order valence-corrected chi connectivity index (χ2v) is 4.72. The molecule has 0 bridgehead atoms. The van der Waals surface area contributed by atoms with Gasteiger partial charge in [0, 0.05) is 5.56 Å². The predicted octanol–water partition coefficient (Wildman–Crippen LogP) is 3.81. The number of benzene rings is 1. The SMILES string of the molecule is CCOC(=O)c1ccc(F)c(C)c1NC(=O)c1ccoc1Cl. The Morgan fingerprint density at radius 1 is 1.32 bits per heavy atom. The third-order valence-electron chi connectivity index (χ3n) is 3.00. The van der Waals surface area contributed by atoms with Gasteiger partial charge in [-0.15, -0.1) is 0 Å². The number of amides is 1. The smallest absolute Gasteiger partial charge is 0.340 e. The van der Waals surface area contributed by atoms with E-state index in [2.05, 4.69) is 5.32 Å². The van der Waals surface area contributed by atoms with Gasteiger partial charge in [-0.3, -0.25) is 4.79 Å². The standard InChI is InChI=1S/C15H13ClFNO4/c1-3-21-15(20)9-4-5-11(17)8(2)12(9)18-14(19)10-6-7-22-13(10)16/h4-7H,3H2,1-2H3,(H,18,19). The number of carbonyl (C=O) groups excluding carboxylic acids is 2. The van der Waals surface area contributed by atoms with E-state index in [-0.39, 0.29) is 34.2 Å². The maximum Gasteiger partial charge on any atom is 0.340 e. The molecular weight excluding hydrogens is 313 g/mol. The number of furan rings is 1. The molecule has 2 aromatic rings. The number of esters is 1. The number of anilines is 1. The number of carbonyl (C=O) groups is 2. The van der Waals surface area contributed by atoms with Crippen molar-refractivity contribution >= 4 is 29.2 Å². The third kappa shape index (κ3) is 3.12. The average Bonchev–Trinajstić information content (AvgIpc) is 2.90. The van der Waals surface area contributed by atoms with Gasteiger partial charge in [0.1, 0.15) is 5.82 Å². The first kappa shape index (κ1) is 16.0. The number of halogens is 2. The van der Waals surface area contributed by atoms with Crippen molar-refractivity contribution in [2.24, 2.45) is 0 Å². The van der Waals surface area contributed by atoms with Crippen LogP contribution >= 0.6 is 11.6 Å². The average molecular weight is 326 g/mol. The first-order valence-corrected chi connectivity index (χ1v) is 6.84. The topological polar surface area (TPSA) is 68.5 Å². The Morgan fingerprint density at radius 2 is 2.05 bits per heavy atom. The van der Waals surface area contributed by atoms with E-state index < -0.39 is 17.7 Å². The van der Waals surface area contributed by atoms with E-state index >= 15 is 0 Å². The lowest BCUT2D eigenvalue weighted by Gasteiger charge is -2.13. The van der Waals surface area contributed by atoms with E-state index in [1.54, 1.807) is 6.92 Å². The van der Waals surface area contributed by atoms with E-state index in [9.17, 15) is 14.0 Å². The van der Waals surface area contributed by atoms with Crippen LogP contribution in [0, 0.1) is 12.7 Å². The molecule has 0 atom stereocenters. The molecule has 0 aliphatic heterocycles. The fourth-order valence-electron chi connectivity index (χ4n) is 1.86. The largest absolute Gasteiger partial charge is 0.462 e. The molecule has 1 heterocycles. The van der Waals surface area contributed by atoms with Crippen LogP contribution in [0.4, 0.5) is 10.1 Å². The summed E-state index contributed by atoms with van der Waals surface area (Å²) in [5.74, 6) is -1.82. The Labute approximate surface area is 131 Å². The first-order valence-electron chi connectivity index (χ1n) is 6.46. The lowest BCUT2D eigenvalue weighted by molar-refractivity contribution is 0.0527. The van der Waals surface area contributed by atoms with Gasteiger partial charge in [-0.1, -0.05) is 0 Å². The van der Waals surface area contributed by atoms with Gasteiger partial charge in [0.2, 0.25) is 5.22 Å². The molecule has 1 aromatic heterocycles. The van der Waals surface area contributed by atoms with Crippen LogP contribution in [-0.2, 0) is 4.74 Å². The van der Waals surface area contributed by atoms with Gasteiger partial charge in [0.05, 0.1) is 29.7 Å². The monoisotopic (exact) mass is 325 g/mol. The number of nitrogens with one attached hydrogen (secondary N) is 1. The van der Waals surface area contributed by atoms with Crippen molar-refractivity contribution in [3.63, 3.8) is 0 Å². The van der Waals surface area contributed by atoms with Crippen molar-refractivity contribution in [2.75, 3.05) is 11.9 Å². The van der Waals surface area contributed by atoms with E-state index in [0.717, 1.165) is 6.07 Å². The van der Waals surface area contributed by atoms with E-state index in [1.807, 2.05) is 0 Å². The van der Waals surface area contributed by atoms with Crippen molar-refractivity contribution in [1.29, 1.82) is 0 Å². The number of ether oxygens (including phenoxy) is 1. The van der Waals surface area contributed by atoms with E-state index in [4.69, 9.17) is 20.8 Å². The number of hydrogen-bond acceptors (Lipinski definition) is 4. The van der Waals surface area contributed by atoms with Crippen LogP contribution in [0.2, 0.25) is 5.22 Å². The van der Waals surface area contributed by atoms with Crippen LogP contribution in [-0.4, -0.2) is 18.5 Å². The highest BCUT2D eigenvalue weighted by molar-refractivity contribution is 6.32. The van der Waals surface area contributed by atoms with Crippen LogP contribution in [0.5, 0.6) is 0 Å². The quantitative estimate of drug-likeness (QED) is 0.868. The molecule has 1 N–H and O–H groups in total. The Hall–Kier alpha value is -2.34. The van der Waals surface area contributed by atoms with Gasteiger partial charge >= 0.3 is 5.97 Å². The highest BCUT2D eigenvalue weighted by Crippen LogP contribution is 2.26. The minimum atomic E-state index is -0.654. The summed E-state index contributed by atoms with van der Waals surface area (Å²) in [6, 6.07) is 3.77. The molecule has 0 radical (unpaired) electrons. The van der Waals surface area contributed by atoms with Crippen molar-refractivity contribution in [2.45, 2.75) is 13.8 Å². The van der Waals surface area contributed by atoms with Crippen LogP contribution in [0.3, 0.4) is 0 Å². The van der Waals surface area contributed by atoms with Crippen LogP contribution < -0.4 is 5.32 Å². The summed E-state index contributed by atoms with van der Waals surface area (Å²) >= 11 is 5.73. The van der Waals surface area contributed by atoms with Crippen molar-refractivity contribution in [1.82, 2.24) is 0 Å². The van der Waals surface area contributed by atoms with Crippen molar-refractivity contribution in [3.05, 3.63) is 52.2 Å². The Bertz CT molecular complexity index is 726. The van der Waals surface area contributed by atoms with Crippen LogP contribution in [0.1, 0.15) is 33.2 Å². The van der Waals surface area contributed by atoms with Gasteiger partial charge in [-0.2, -0.15) is 0 Å². The Morgan fingerprint density at radius 3 is 2.64 bits per heavy atom. The summed E-state index contributed by atoms with van der Waals surface area (Å²) in [5.41, 5.74) is 0.313. The summed E-state index contributed by atoms with van der Waals surface area (Å²) < 4.78 is 23.5. The molecule has 116 valence electrons. The molecule has 5 nitrogen and oxygen atoms in total. The second kappa shape index (κ2) is 6.62. The van der Waals surface area contributed by atoms with Gasteiger partial charge in [0.15, 0.2) is 0 Å². The zero-order valence-electron chi connectivity index (χ0n) is 11.9. The molecule has 22 heavy (non-hydrogen) atoms. The Balaban J connectivity index is 2.40. The highest BCUT2D eigenvalue weighted by atomic mass is 35.5. The van der Waals surface area contributed by atoms with Gasteiger partial charge in [-0.25, -0.2) is 9.18 Å². The third-order valence-corrected chi connectivity index (χ3v) is 3.29. The molecule has 1 aromatic carbocycles. The molecule has 0 unspecified atom stereocenters. The number of rotatable bonds is 4. The van der Waals surface area contributed by atoms with E-state index in [1.165, 1.54) is 25.3 Å². The fourth-order valence-corrected chi connectivity index (χ4v) is 2.06. The highest BCUT2D eigenvalue weighted by Gasteiger charge is 2.21. The Kier molecular flexibility index (Phi) is 4.82. The molecule has 0 saturated heterocycles. The summed E-state index contributed by atoms with van der Waals surface area (Å²) in [6.07, 6.45) is 1.25. The van der Waals surface area contributed by atoms with E-state index in [0.29, 0.717) is 0 Å². The lowest BCUT2D eigenvalue weighted by Crippen LogP contribution is -2.17. The zero-order valence-corrected chi connectivity index (χ0v) is 12.7. The molecule has 0 saturated carbocycles. The summed E-state index contributed by atoms with van der Waals surface area (Å²) in [5, 5.41) is 2.38. The minimum Gasteiger partial charge on any atom is -0.462 e. The minimum absolute atomic E-state index is 0.0423. The lowest BCUT2D eigenvalue weighted by atomic mass is 10.1. The summed E-state index contributed by atoms with van der Waals surface area (Å²) in [7, 11) is 0. The summed E-state index contributed by atoms with van der Waals surface area (Å²) in [4.78, 5) is 24.1. The maximum absolute atomic E-state index is 13.7. The molecular formula is C15H13ClFNO4. The normalized spacial score (nSPS) is 10.4. The zero-order chi connectivity index (χ0) is 16.3. The second-order valence-electron chi connectivity index (χ2n) is 4.38. The van der Waals surface area contributed by atoms with Crippen molar-refractivity contribution in [3.8, 4) is 0 Å². The molecule has 0 aliphatic rings. The van der Waals surface area contributed by atoms with Crippen LogP contribution in [0.25, 0.3) is 0 Å². The molecule has 2 rings (SSSR count).